The summed E-state index contributed by atoms with van der Waals surface area (Å²) in [6.45, 7) is 1.43. The molecular formula is C22H33N3O4S. The zero-order valence-corrected chi connectivity index (χ0v) is 18.5. The molecule has 3 aliphatic rings. The molecular weight excluding hydrogens is 402 g/mol. The highest BCUT2D eigenvalue weighted by Gasteiger charge is 2.33. The van der Waals surface area contributed by atoms with Gasteiger partial charge in [-0.25, -0.2) is 4.79 Å². The van der Waals surface area contributed by atoms with Crippen LogP contribution in [-0.2, 0) is 9.59 Å². The number of allylic oxidation sites excluding steroid dienone is 1. The van der Waals surface area contributed by atoms with Gasteiger partial charge in [-0.3, -0.25) is 9.59 Å². The first-order valence-corrected chi connectivity index (χ1v) is 12.0. The third-order valence-corrected chi connectivity index (χ3v) is 7.17. The van der Waals surface area contributed by atoms with Crippen LogP contribution in [0.15, 0.2) is 22.1 Å². The molecule has 1 aliphatic heterocycles. The fourth-order valence-electron chi connectivity index (χ4n) is 4.53. The minimum absolute atomic E-state index is 0.0200. The van der Waals surface area contributed by atoms with Gasteiger partial charge in [-0.1, -0.05) is 50.3 Å². The van der Waals surface area contributed by atoms with Crippen LogP contribution in [0.25, 0.3) is 0 Å². The molecule has 3 N–H and O–H groups in total. The van der Waals surface area contributed by atoms with E-state index in [-0.39, 0.29) is 11.9 Å². The van der Waals surface area contributed by atoms with Gasteiger partial charge in [-0.05, 0) is 50.5 Å². The van der Waals surface area contributed by atoms with Crippen LogP contribution in [-0.4, -0.2) is 46.0 Å². The van der Waals surface area contributed by atoms with Crippen molar-refractivity contribution in [1.82, 2.24) is 15.5 Å². The molecule has 8 heteroatoms. The van der Waals surface area contributed by atoms with E-state index in [0.29, 0.717) is 24.1 Å². The van der Waals surface area contributed by atoms with Crippen LogP contribution in [0, 0.1) is 0 Å². The van der Waals surface area contributed by atoms with Crippen LogP contribution in [0.2, 0.25) is 0 Å². The van der Waals surface area contributed by atoms with Crippen LogP contribution in [0.4, 0.5) is 4.79 Å². The maximum atomic E-state index is 13.2. The number of carboxylic acids is 1. The molecule has 2 aliphatic carbocycles. The van der Waals surface area contributed by atoms with E-state index in [1.807, 2.05) is 6.08 Å². The number of nitrogens with zero attached hydrogens (tertiary/aromatic N) is 1. The molecule has 3 rings (SSSR count). The number of urea groups is 1. The highest BCUT2D eigenvalue weighted by atomic mass is 32.2. The third-order valence-electron chi connectivity index (χ3n) is 6.25. The number of hydrogen-bond donors (Lipinski definition) is 3. The number of carbonyl (C=O) groups excluding carboxylic acids is 2. The monoisotopic (exact) mass is 435 g/mol. The lowest BCUT2D eigenvalue weighted by Crippen LogP contribution is -2.52. The Hall–Kier alpha value is -1.96. The van der Waals surface area contributed by atoms with Crippen molar-refractivity contribution in [2.24, 2.45) is 0 Å². The Kier molecular flexibility index (Phi) is 8.24. The van der Waals surface area contributed by atoms with Crippen LogP contribution in [0.3, 0.4) is 0 Å². The molecule has 2 fully saturated rings. The van der Waals surface area contributed by atoms with Gasteiger partial charge in [-0.15, -0.1) is 0 Å². The molecule has 0 aromatic carbocycles. The fraction of sp³-hybridized carbons (Fsp3) is 0.682. The lowest BCUT2D eigenvalue weighted by molar-refractivity contribution is -0.140. The Bertz CT molecular complexity index is 691. The second-order valence-electron chi connectivity index (χ2n) is 8.49. The first-order valence-electron chi connectivity index (χ1n) is 11.1. The van der Waals surface area contributed by atoms with E-state index in [1.165, 1.54) is 57.2 Å². The van der Waals surface area contributed by atoms with Crippen molar-refractivity contribution in [1.29, 1.82) is 0 Å². The number of hydrogen-bond acceptors (Lipinski definition) is 4. The van der Waals surface area contributed by atoms with Crippen LogP contribution in [0.1, 0.15) is 77.6 Å². The number of nitrogens with one attached hydrogen (secondary N) is 2. The summed E-state index contributed by atoms with van der Waals surface area (Å²) >= 11 is 1.31. The lowest BCUT2D eigenvalue weighted by atomic mass is 9.89. The summed E-state index contributed by atoms with van der Waals surface area (Å²) in [5.74, 6) is -1.45. The Morgan fingerprint density at radius 1 is 1.03 bits per heavy atom. The van der Waals surface area contributed by atoms with Gasteiger partial charge < -0.3 is 20.6 Å². The molecule has 0 aromatic heterocycles. The van der Waals surface area contributed by atoms with Crippen LogP contribution in [0.5, 0.6) is 0 Å². The van der Waals surface area contributed by atoms with Gasteiger partial charge in [-0.2, -0.15) is 0 Å². The van der Waals surface area contributed by atoms with E-state index in [2.05, 4.69) is 15.5 Å². The largest absolute Gasteiger partial charge is 0.480 e. The van der Waals surface area contributed by atoms with E-state index in [1.54, 1.807) is 5.41 Å². The van der Waals surface area contributed by atoms with Crippen LogP contribution < -0.4 is 10.6 Å². The van der Waals surface area contributed by atoms with E-state index < -0.39 is 12.0 Å². The van der Waals surface area contributed by atoms with Crippen molar-refractivity contribution in [3.8, 4) is 0 Å². The molecule has 0 aromatic rings. The summed E-state index contributed by atoms with van der Waals surface area (Å²) in [4.78, 5) is 38.5. The van der Waals surface area contributed by atoms with E-state index in [0.717, 1.165) is 30.7 Å². The van der Waals surface area contributed by atoms with Gasteiger partial charge >= 0.3 is 12.0 Å². The average Bonchev–Trinajstić information content (AvgIpc) is 2.76. The van der Waals surface area contributed by atoms with Crippen LogP contribution >= 0.6 is 11.8 Å². The number of rotatable bonds is 6. The first kappa shape index (κ1) is 22.7. The topological polar surface area (TPSA) is 98.7 Å². The molecule has 1 atom stereocenters. The summed E-state index contributed by atoms with van der Waals surface area (Å²) in [5, 5.41) is 16.9. The molecule has 0 saturated heterocycles. The molecule has 0 bridgehead atoms. The van der Waals surface area contributed by atoms with Crippen molar-refractivity contribution in [2.75, 3.05) is 0 Å². The highest BCUT2D eigenvalue weighted by molar-refractivity contribution is 8.05. The Balaban J connectivity index is 1.58. The lowest BCUT2D eigenvalue weighted by Gasteiger charge is -2.41. The average molecular weight is 436 g/mol. The highest BCUT2D eigenvalue weighted by Crippen LogP contribution is 2.31. The standard InChI is InChI=1S/C22H33N3O4S/c1-15(21(27)28)23-20(26)16-12-13-19(30-14-16)24-22(29)25(17-8-4-2-5-9-17)18-10-6-3-7-11-18/h13-15,17-18H,2-12H2,1H3,(H,23,26)(H,24,29)(H,27,28)/t15-/m0/s1. The first-order chi connectivity index (χ1) is 14.5. The SMILES string of the molecule is C[C@H](NC(=O)C1=CSC(NC(=O)N(C2CCCCC2)C2CCCCC2)=CC1)C(=O)O. The molecule has 2 saturated carbocycles. The van der Waals surface area contributed by atoms with Crippen molar-refractivity contribution in [2.45, 2.75) is 95.7 Å². The Labute approximate surface area is 182 Å². The summed E-state index contributed by atoms with van der Waals surface area (Å²) < 4.78 is 0. The minimum Gasteiger partial charge on any atom is -0.480 e. The van der Waals surface area contributed by atoms with Gasteiger partial charge in [0, 0.05) is 17.7 Å². The second kappa shape index (κ2) is 10.9. The zero-order valence-electron chi connectivity index (χ0n) is 17.7. The predicted octanol–water partition coefficient (Wildman–Crippen LogP) is 4.11. The van der Waals surface area contributed by atoms with Crippen molar-refractivity contribution in [3.05, 3.63) is 22.1 Å². The molecule has 7 nitrogen and oxygen atoms in total. The summed E-state index contributed by atoms with van der Waals surface area (Å²) in [6, 6.07) is -0.308. The molecule has 166 valence electrons. The number of carbonyl (C=O) groups is 3. The molecule has 0 spiro atoms. The normalized spacial score (nSPS) is 21.8. The minimum atomic E-state index is -1.07. The fourth-order valence-corrected chi connectivity index (χ4v) is 5.33. The van der Waals surface area contributed by atoms with Crippen molar-refractivity contribution < 1.29 is 19.5 Å². The second-order valence-corrected chi connectivity index (χ2v) is 9.40. The zero-order chi connectivity index (χ0) is 21.5. The summed E-state index contributed by atoms with van der Waals surface area (Å²) in [6.07, 6.45) is 13.8. The molecule has 3 amide bonds. The van der Waals surface area contributed by atoms with Crippen molar-refractivity contribution >= 4 is 29.7 Å². The maximum absolute atomic E-state index is 13.2. The van der Waals surface area contributed by atoms with E-state index in [4.69, 9.17) is 5.11 Å². The number of aliphatic carboxylic acids is 1. The molecule has 0 radical (unpaired) electrons. The number of carboxylic acid groups (broad SMARTS) is 1. The smallest absolute Gasteiger partial charge is 0.325 e. The van der Waals surface area contributed by atoms with Gasteiger partial charge in [0.15, 0.2) is 0 Å². The molecule has 1 heterocycles. The molecule has 0 unspecified atom stereocenters. The quantitative estimate of drug-likeness (QED) is 0.583. The van der Waals surface area contributed by atoms with Gasteiger partial charge in [0.05, 0.1) is 5.03 Å². The molecule has 30 heavy (non-hydrogen) atoms. The van der Waals surface area contributed by atoms with Gasteiger partial charge in [0.25, 0.3) is 0 Å². The Morgan fingerprint density at radius 3 is 2.07 bits per heavy atom. The number of amides is 3. The maximum Gasteiger partial charge on any atom is 0.325 e. The summed E-state index contributed by atoms with van der Waals surface area (Å²) in [7, 11) is 0. The van der Waals surface area contributed by atoms with Gasteiger partial charge in [0.1, 0.15) is 6.04 Å². The summed E-state index contributed by atoms with van der Waals surface area (Å²) in [5.41, 5.74) is 0.502. The van der Waals surface area contributed by atoms with Crippen molar-refractivity contribution in [3.63, 3.8) is 0 Å². The third kappa shape index (κ3) is 6.03. The number of thioether (sulfide) groups is 1. The van der Waals surface area contributed by atoms with E-state index >= 15 is 0 Å². The van der Waals surface area contributed by atoms with Gasteiger partial charge in [0.2, 0.25) is 5.91 Å². The Morgan fingerprint density at radius 2 is 1.60 bits per heavy atom. The predicted molar refractivity (Wildman–Crippen MR) is 118 cm³/mol. The van der Waals surface area contributed by atoms with E-state index in [9.17, 15) is 14.4 Å².